The monoisotopic (exact) mass is 274 g/mol. The van der Waals surface area contributed by atoms with E-state index in [1.54, 1.807) is 18.2 Å². The first-order valence-electron chi connectivity index (χ1n) is 6.54. The molecule has 20 heavy (non-hydrogen) atoms. The van der Waals surface area contributed by atoms with E-state index in [4.69, 9.17) is 10.2 Å². The Hall–Kier alpha value is -2.14. The number of carbonyl (C=O) groups is 1. The van der Waals surface area contributed by atoms with Gasteiger partial charge in [0.25, 0.3) is 0 Å². The van der Waals surface area contributed by atoms with Crippen LogP contribution in [0.2, 0.25) is 0 Å². The van der Waals surface area contributed by atoms with Crippen LogP contribution in [-0.2, 0) is 11.3 Å². The minimum Gasteiger partial charge on any atom is -0.422 e. The highest BCUT2D eigenvalue weighted by Gasteiger charge is 2.17. The smallest absolute Gasteiger partial charge is 0.341 e. The quantitative estimate of drug-likeness (QED) is 0.825. The molecular weight excluding hydrogens is 256 g/mol. The summed E-state index contributed by atoms with van der Waals surface area (Å²) in [6, 6.07) is 8.38. The number of hydrogen-bond donors (Lipinski definition) is 2. The molecule has 2 aromatic rings. The zero-order valence-electron chi connectivity index (χ0n) is 11.6. The van der Waals surface area contributed by atoms with Crippen LogP contribution in [-0.4, -0.2) is 11.9 Å². The Morgan fingerprint density at radius 3 is 2.75 bits per heavy atom. The van der Waals surface area contributed by atoms with E-state index in [2.05, 4.69) is 5.32 Å². The van der Waals surface area contributed by atoms with Gasteiger partial charge in [0.05, 0.1) is 18.2 Å². The maximum atomic E-state index is 11.8. The molecule has 0 saturated heterocycles. The second-order valence-electron chi connectivity index (χ2n) is 5.08. The molecule has 0 bridgehead atoms. The lowest BCUT2D eigenvalue weighted by Gasteiger charge is -2.15. The van der Waals surface area contributed by atoms with E-state index >= 15 is 0 Å². The second kappa shape index (κ2) is 5.88. The molecule has 1 aromatic heterocycles. The van der Waals surface area contributed by atoms with Crippen molar-refractivity contribution in [3.05, 3.63) is 46.3 Å². The van der Waals surface area contributed by atoms with E-state index in [9.17, 15) is 9.59 Å². The van der Waals surface area contributed by atoms with E-state index < -0.39 is 11.7 Å². The molecule has 0 radical (unpaired) electrons. The Morgan fingerprint density at radius 2 is 2.05 bits per heavy atom. The summed E-state index contributed by atoms with van der Waals surface area (Å²) in [6.07, 6.45) is 0. The van der Waals surface area contributed by atoms with Crippen molar-refractivity contribution in [2.75, 3.05) is 0 Å². The molecule has 3 N–H and O–H groups in total. The maximum absolute atomic E-state index is 11.8. The van der Waals surface area contributed by atoms with Crippen molar-refractivity contribution in [2.24, 2.45) is 11.7 Å². The predicted molar refractivity (Wildman–Crippen MR) is 77.1 cm³/mol. The number of nitrogens with one attached hydrogen (secondary N) is 1. The minimum atomic E-state index is -0.581. The normalized spacial score (nSPS) is 12.6. The summed E-state index contributed by atoms with van der Waals surface area (Å²) in [7, 11) is 0. The first-order chi connectivity index (χ1) is 9.49. The summed E-state index contributed by atoms with van der Waals surface area (Å²) in [5, 5.41) is 3.49. The van der Waals surface area contributed by atoms with Crippen molar-refractivity contribution >= 4 is 16.9 Å². The van der Waals surface area contributed by atoms with Gasteiger partial charge in [0.15, 0.2) is 0 Å². The largest absolute Gasteiger partial charge is 0.422 e. The van der Waals surface area contributed by atoms with E-state index in [0.29, 0.717) is 11.1 Å². The van der Waals surface area contributed by atoms with Crippen LogP contribution < -0.4 is 16.7 Å². The Bertz CT molecular complexity index is 676. The summed E-state index contributed by atoms with van der Waals surface area (Å²) in [6.45, 7) is 3.86. The van der Waals surface area contributed by atoms with Crippen LogP contribution in [0.4, 0.5) is 0 Å². The van der Waals surface area contributed by atoms with Gasteiger partial charge in [-0.25, -0.2) is 4.79 Å². The van der Waals surface area contributed by atoms with E-state index in [1.807, 2.05) is 26.0 Å². The maximum Gasteiger partial charge on any atom is 0.341 e. The standard InChI is InChI=1S/C15H18N2O3/c1-9(2)13(16)14(18)17-8-11-7-10-5-3-4-6-12(10)20-15(11)19/h3-7,9,13H,8,16H2,1-2H3,(H,17,18)/t13-/m0/s1. The van der Waals surface area contributed by atoms with Crippen LogP contribution >= 0.6 is 0 Å². The number of hydrogen-bond acceptors (Lipinski definition) is 4. The van der Waals surface area contributed by atoms with Crippen molar-refractivity contribution in [1.29, 1.82) is 0 Å². The third-order valence-electron chi connectivity index (χ3n) is 3.19. The number of amides is 1. The van der Waals surface area contributed by atoms with Gasteiger partial charge in [-0.2, -0.15) is 0 Å². The lowest BCUT2D eigenvalue weighted by atomic mass is 10.0. The number of nitrogens with two attached hydrogens (primary N) is 1. The third kappa shape index (κ3) is 3.05. The molecule has 1 atom stereocenters. The van der Waals surface area contributed by atoms with Crippen LogP contribution in [0.3, 0.4) is 0 Å². The van der Waals surface area contributed by atoms with Gasteiger partial charge in [-0.3, -0.25) is 4.79 Å². The summed E-state index contributed by atoms with van der Waals surface area (Å²) in [4.78, 5) is 23.6. The van der Waals surface area contributed by atoms with Gasteiger partial charge in [-0.15, -0.1) is 0 Å². The highest BCUT2D eigenvalue weighted by molar-refractivity contribution is 5.82. The fourth-order valence-corrected chi connectivity index (χ4v) is 1.83. The van der Waals surface area contributed by atoms with Gasteiger partial charge >= 0.3 is 5.63 Å². The predicted octanol–water partition coefficient (Wildman–Crippen LogP) is 1.39. The molecule has 0 saturated carbocycles. The Labute approximate surface area is 116 Å². The van der Waals surface area contributed by atoms with Crippen LogP contribution in [0.15, 0.2) is 39.5 Å². The molecule has 0 aliphatic carbocycles. The number of fused-ring (bicyclic) bond motifs is 1. The van der Waals surface area contributed by atoms with Crippen LogP contribution in [0.5, 0.6) is 0 Å². The molecule has 0 unspecified atom stereocenters. The van der Waals surface area contributed by atoms with Gasteiger partial charge in [-0.05, 0) is 18.1 Å². The fraction of sp³-hybridized carbons (Fsp3) is 0.333. The molecule has 106 valence electrons. The van der Waals surface area contributed by atoms with Crippen molar-refractivity contribution in [3.63, 3.8) is 0 Å². The van der Waals surface area contributed by atoms with Crippen molar-refractivity contribution in [3.8, 4) is 0 Å². The van der Waals surface area contributed by atoms with Crippen molar-refractivity contribution in [1.82, 2.24) is 5.32 Å². The average Bonchev–Trinajstić information content (AvgIpc) is 2.43. The molecule has 0 fully saturated rings. The highest BCUT2D eigenvalue weighted by atomic mass is 16.4. The average molecular weight is 274 g/mol. The molecule has 5 heteroatoms. The minimum absolute atomic E-state index is 0.0445. The molecule has 2 rings (SSSR count). The van der Waals surface area contributed by atoms with Crippen LogP contribution in [0.25, 0.3) is 11.0 Å². The van der Waals surface area contributed by atoms with Gasteiger partial charge < -0.3 is 15.5 Å². The first kappa shape index (κ1) is 14.3. The molecule has 5 nitrogen and oxygen atoms in total. The summed E-state index contributed by atoms with van der Waals surface area (Å²) in [5.74, 6) is -0.226. The number of carbonyl (C=O) groups excluding carboxylic acids is 1. The molecule has 0 spiro atoms. The summed E-state index contributed by atoms with van der Waals surface area (Å²) >= 11 is 0. The SMILES string of the molecule is CC(C)[C@H](N)C(=O)NCc1cc2ccccc2oc1=O. The first-order valence-corrected chi connectivity index (χ1v) is 6.54. The molecule has 1 amide bonds. The van der Waals surface area contributed by atoms with Crippen LogP contribution in [0.1, 0.15) is 19.4 Å². The fourth-order valence-electron chi connectivity index (χ4n) is 1.83. The molecule has 1 heterocycles. The summed E-state index contributed by atoms with van der Waals surface area (Å²) in [5.41, 5.74) is 6.24. The topological polar surface area (TPSA) is 85.3 Å². The van der Waals surface area contributed by atoms with E-state index in [1.165, 1.54) is 0 Å². The van der Waals surface area contributed by atoms with Crippen molar-refractivity contribution in [2.45, 2.75) is 26.4 Å². The molecule has 0 aliphatic heterocycles. The summed E-state index contributed by atoms with van der Waals surface area (Å²) < 4.78 is 5.19. The van der Waals surface area contributed by atoms with Crippen LogP contribution in [0, 0.1) is 5.92 Å². The van der Waals surface area contributed by atoms with Gasteiger partial charge in [0.2, 0.25) is 5.91 Å². The molecule has 0 aliphatic rings. The lowest BCUT2D eigenvalue weighted by Crippen LogP contribution is -2.44. The van der Waals surface area contributed by atoms with E-state index in [0.717, 1.165) is 5.39 Å². The van der Waals surface area contributed by atoms with Gasteiger partial charge in [0.1, 0.15) is 5.58 Å². The Kier molecular flexibility index (Phi) is 4.20. The van der Waals surface area contributed by atoms with E-state index in [-0.39, 0.29) is 18.4 Å². The zero-order chi connectivity index (χ0) is 14.7. The number of benzene rings is 1. The molecular formula is C15H18N2O3. The lowest BCUT2D eigenvalue weighted by molar-refractivity contribution is -0.123. The van der Waals surface area contributed by atoms with Gasteiger partial charge in [0, 0.05) is 5.39 Å². The Morgan fingerprint density at radius 1 is 1.35 bits per heavy atom. The van der Waals surface area contributed by atoms with Gasteiger partial charge in [-0.1, -0.05) is 32.0 Å². The third-order valence-corrected chi connectivity index (χ3v) is 3.19. The zero-order valence-corrected chi connectivity index (χ0v) is 11.6. The highest BCUT2D eigenvalue weighted by Crippen LogP contribution is 2.12. The second-order valence-corrected chi connectivity index (χ2v) is 5.08. The van der Waals surface area contributed by atoms with Crippen molar-refractivity contribution < 1.29 is 9.21 Å². The Balaban J connectivity index is 2.16. The number of para-hydroxylation sites is 1. The number of rotatable bonds is 4. The molecule has 1 aromatic carbocycles.